The van der Waals surface area contributed by atoms with E-state index in [1.165, 1.54) is 73.8 Å². The molecule has 0 radical (unpaired) electrons. The summed E-state index contributed by atoms with van der Waals surface area (Å²) in [5.41, 5.74) is 0.333. The second-order valence-electron chi connectivity index (χ2n) is 11.8. The first-order valence-corrected chi connectivity index (χ1v) is 18.8. The Kier molecular flexibility index (Phi) is 14.6. The SMILES string of the molecule is COc1cc(N=Nc2ccc(SOOO)cc2C(=O)O)c(C)cc1N=Nc1c(SOO)cc2ccc(N=NC3C(=O)N(c4ccc(SOOO)cc4)N=C3C(=O)O)cc2c1O. The van der Waals surface area contributed by atoms with Crippen LogP contribution in [0.5, 0.6) is 11.5 Å². The van der Waals surface area contributed by atoms with Gasteiger partial charge in [0.05, 0.1) is 70.8 Å². The lowest BCUT2D eigenvalue weighted by Gasteiger charge is -2.12. The van der Waals surface area contributed by atoms with Crippen LogP contribution in [-0.4, -0.2) is 67.8 Å². The van der Waals surface area contributed by atoms with Gasteiger partial charge < -0.3 is 20.1 Å². The number of hydrogen-bond acceptors (Lipinski definition) is 23. The lowest BCUT2D eigenvalue weighted by molar-refractivity contribution is -0.432. The number of rotatable bonds is 18. The molecule has 1 unspecified atom stereocenters. The lowest BCUT2D eigenvalue weighted by atomic mass is 10.1. The van der Waals surface area contributed by atoms with Gasteiger partial charge in [-0.05, 0) is 84.6 Å². The molecule has 314 valence electrons. The van der Waals surface area contributed by atoms with E-state index in [-0.39, 0.29) is 55.7 Å². The van der Waals surface area contributed by atoms with E-state index in [0.29, 0.717) is 56.9 Å². The van der Waals surface area contributed by atoms with Crippen molar-refractivity contribution in [2.45, 2.75) is 27.7 Å². The maximum absolute atomic E-state index is 13.3. The number of aliphatic carboxylic acids is 1. The third-order valence-electron chi connectivity index (χ3n) is 8.20. The molecule has 0 saturated carbocycles. The Morgan fingerprint density at radius 3 is 2.11 bits per heavy atom. The van der Waals surface area contributed by atoms with Gasteiger partial charge in [-0.2, -0.15) is 29.8 Å². The molecule has 0 fully saturated rings. The molecular formula is C35H26N8O15S3. The number of fused-ring (bicyclic) bond motifs is 1. The van der Waals surface area contributed by atoms with Crippen molar-refractivity contribution in [1.82, 2.24) is 0 Å². The van der Waals surface area contributed by atoms with Crippen molar-refractivity contribution < 1.29 is 73.3 Å². The van der Waals surface area contributed by atoms with E-state index in [1.54, 1.807) is 19.1 Å². The highest BCUT2D eigenvalue weighted by Gasteiger charge is 2.41. The normalized spacial score (nSPS) is 14.2. The van der Waals surface area contributed by atoms with Gasteiger partial charge in [-0.25, -0.2) is 25.4 Å². The van der Waals surface area contributed by atoms with Crippen LogP contribution in [0.1, 0.15) is 15.9 Å². The van der Waals surface area contributed by atoms with Gasteiger partial charge in [-0.3, -0.25) is 4.79 Å². The number of carboxylic acid groups (broad SMARTS) is 2. The lowest BCUT2D eigenvalue weighted by Crippen LogP contribution is -2.32. The van der Waals surface area contributed by atoms with E-state index in [4.69, 9.17) is 15.3 Å². The number of phenolic OH excluding ortho intramolecular Hbond substituents is 1. The largest absolute Gasteiger partial charge is 0.505 e. The third kappa shape index (κ3) is 10.3. The number of carbonyl (C=O) groups is 3. The van der Waals surface area contributed by atoms with Crippen LogP contribution in [0.15, 0.2) is 129 Å². The fourth-order valence-corrected chi connectivity index (χ4v) is 6.64. The predicted octanol–water partition coefficient (Wildman–Crippen LogP) is 9.68. The highest BCUT2D eigenvalue weighted by Crippen LogP contribution is 2.46. The van der Waals surface area contributed by atoms with Crippen LogP contribution in [0.25, 0.3) is 10.8 Å². The predicted molar refractivity (Wildman–Crippen MR) is 213 cm³/mol. The molecule has 0 aliphatic carbocycles. The van der Waals surface area contributed by atoms with Gasteiger partial charge in [0.2, 0.25) is 6.04 Å². The van der Waals surface area contributed by atoms with Crippen LogP contribution in [0.4, 0.5) is 34.1 Å². The summed E-state index contributed by atoms with van der Waals surface area (Å²) in [4.78, 5) is 38.1. The number of phenols is 1. The number of aryl methyl sites for hydroxylation is 1. The standard InChI is InChI=1S/C35H26N8O15S3/c1-16-11-26(27(53-2)15-25(16)38-37-24-10-9-21(60-58-55-51)14-23(24)34(46)47)39-40-29-28(61-56-52)12-17-3-4-18(13-22(17)32(29)44)36-41-30-31(35(48)49)42-43(33(30)45)19-5-7-20(8-6-19)59-57-54-50/h3-15,30,44,50-52H,1-2H3,(H,46,47)(H,48,49). The number of benzene rings is 5. The topological polar surface area (TPSA) is 318 Å². The molecule has 0 aromatic heterocycles. The molecule has 26 heteroatoms. The Morgan fingerprint density at radius 1 is 0.754 bits per heavy atom. The van der Waals surface area contributed by atoms with Gasteiger partial charge in [0.25, 0.3) is 5.91 Å². The number of amides is 1. The molecule has 1 aliphatic heterocycles. The first kappa shape index (κ1) is 44.1. The van der Waals surface area contributed by atoms with E-state index in [0.717, 1.165) is 5.01 Å². The number of anilines is 1. The molecule has 0 bridgehead atoms. The fraction of sp³-hybridized carbons (Fsp3) is 0.0857. The zero-order valence-electron chi connectivity index (χ0n) is 30.7. The summed E-state index contributed by atoms with van der Waals surface area (Å²) in [6, 6.07) is 17.4. The van der Waals surface area contributed by atoms with Crippen molar-refractivity contribution in [3.63, 3.8) is 0 Å². The quantitative estimate of drug-likeness (QED) is 0.0206. The Morgan fingerprint density at radius 2 is 1.44 bits per heavy atom. The highest BCUT2D eigenvalue weighted by molar-refractivity contribution is 7.95. The molecule has 0 spiro atoms. The number of hydrogen-bond donors (Lipinski definition) is 6. The summed E-state index contributed by atoms with van der Waals surface area (Å²) in [6.45, 7) is 1.67. The molecule has 6 N–H and O–H groups in total. The summed E-state index contributed by atoms with van der Waals surface area (Å²) in [5, 5.41) is 94.3. The molecule has 6 rings (SSSR count). The van der Waals surface area contributed by atoms with Crippen LogP contribution < -0.4 is 9.75 Å². The minimum absolute atomic E-state index is 0.00914. The number of aromatic hydroxyl groups is 1. The number of carbonyl (C=O) groups excluding carboxylic acids is 1. The Hall–Kier alpha value is -6.43. The summed E-state index contributed by atoms with van der Waals surface area (Å²) in [7, 11) is 1.36. The first-order chi connectivity index (χ1) is 29.5. The van der Waals surface area contributed by atoms with Gasteiger partial charge >= 0.3 is 11.9 Å². The third-order valence-corrected chi connectivity index (χ3v) is 9.94. The van der Waals surface area contributed by atoms with E-state index in [2.05, 4.69) is 58.9 Å². The number of hydrazone groups is 1. The number of carboxylic acids is 2. The molecule has 1 aliphatic rings. The fourth-order valence-electron chi connectivity index (χ4n) is 5.41. The molecule has 61 heavy (non-hydrogen) atoms. The van der Waals surface area contributed by atoms with Gasteiger partial charge in [0.1, 0.15) is 22.8 Å². The van der Waals surface area contributed by atoms with Gasteiger partial charge in [-0.15, -0.1) is 24.0 Å². The van der Waals surface area contributed by atoms with Gasteiger partial charge in [-0.1, -0.05) is 16.1 Å². The van der Waals surface area contributed by atoms with Crippen LogP contribution in [0, 0.1) is 6.92 Å². The summed E-state index contributed by atoms with van der Waals surface area (Å²) in [5.74, 6) is -3.88. The molecular weight excluding hydrogens is 869 g/mol. The van der Waals surface area contributed by atoms with Crippen molar-refractivity contribution in [2.24, 2.45) is 35.8 Å². The Labute approximate surface area is 353 Å². The number of methoxy groups -OCH3 is 1. The minimum Gasteiger partial charge on any atom is -0.505 e. The molecule has 23 nitrogen and oxygen atoms in total. The summed E-state index contributed by atoms with van der Waals surface area (Å²) >= 11 is 1.72. The highest BCUT2D eigenvalue weighted by atomic mass is 32.2. The maximum atomic E-state index is 13.3. The smallest absolute Gasteiger partial charge is 0.355 e. The number of azo groups is 3. The van der Waals surface area contributed by atoms with Crippen molar-refractivity contribution in [2.75, 3.05) is 12.1 Å². The number of aromatic carboxylic acids is 1. The van der Waals surface area contributed by atoms with Gasteiger partial charge in [0.15, 0.2) is 11.5 Å². The second kappa shape index (κ2) is 20.2. The van der Waals surface area contributed by atoms with E-state index >= 15 is 0 Å². The van der Waals surface area contributed by atoms with Crippen molar-refractivity contribution in [3.8, 4) is 11.5 Å². The molecule has 0 saturated heterocycles. The Balaban J connectivity index is 1.27. The second-order valence-corrected chi connectivity index (χ2v) is 14.1. The van der Waals surface area contributed by atoms with E-state index < -0.39 is 35.3 Å². The van der Waals surface area contributed by atoms with Crippen molar-refractivity contribution in [3.05, 3.63) is 90.0 Å². The average molecular weight is 895 g/mol. The maximum Gasteiger partial charge on any atom is 0.355 e. The van der Waals surface area contributed by atoms with Crippen LogP contribution >= 0.6 is 36.1 Å². The monoisotopic (exact) mass is 894 g/mol. The van der Waals surface area contributed by atoms with Crippen molar-refractivity contribution >= 4 is 105 Å². The number of ether oxygens (including phenoxy) is 1. The zero-order valence-corrected chi connectivity index (χ0v) is 33.2. The van der Waals surface area contributed by atoms with Crippen LogP contribution in [0.2, 0.25) is 0 Å². The summed E-state index contributed by atoms with van der Waals surface area (Å²) < 4.78 is 18.5. The molecule has 1 heterocycles. The first-order valence-electron chi connectivity index (χ1n) is 16.6. The Bertz CT molecular complexity index is 2620. The minimum atomic E-state index is -1.62. The average Bonchev–Trinajstić information content (AvgIpc) is 3.59. The molecule has 1 atom stereocenters. The van der Waals surface area contributed by atoms with Gasteiger partial charge in [0, 0.05) is 21.2 Å². The van der Waals surface area contributed by atoms with Crippen LogP contribution in [0.3, 0.4) is 0 Å². The molecule has 5 aromatic carbocycles. The summed E-state index contributed by atoms with van der Waals surface area (Å²) in [6.07, 6.45) is 0. The van der Waals surface area contributed by atoms with Crippen molar-refractivity contribution in [1.29, 1.82) is 0 Å². The molecule has 5 aromatic rings. The molecule has 1 amide bonds. The van der Waals surface area contributed by atoms with E-state index in [9.17, 15) is 35.0 Å². The number of nitrogens with zero attached hydrogens (tertiary/aromatic N) is 8. The van der Waals surface area contributed by atoms with Crippen LogP contribution in [-0.2, 0) is 32.7 Å². The zero-order chi connectivity index (χ0) is 43.6. The van der Waals surface area contributed by atoms with E-state index in [1.807, 2.05) is 0 Å².